The Morgan fingerprint density at radius 2 is 1.86 bits per heavy atom. The minimum Gasteiger partial charge on any atom is -0.441 e. The van der Waals surface area contributed by atoms with Gasteiger partial charge in [0.2, 0.25) is 0 Å². The molecule has 2 aliphatic heterocycles. The van der Waals surface area contributed by atoms with E-state index in [0.29, 0.717) is 50.5 Å². The average molecular weight is 389 g/mol. The molecule has 2 amide bonds. The second kappa shape index (κ2) is 8.37. The van der Waals surface area contributed by atoms with Crippen LogP contribution in [0.15, 0.2) is 23.1 Å². The number of aryl methyl sites for hydroxylation is 1. The van der Waals surface area contributed by atoms with Crippen molar-refractivity contribution >= 4 is 12.0 Å². The van der Waals surface area contributed by atoms with E-state index in [9.17, 15) is 14.4 Å². The molecular weight excluding hydrogens is 358 g/mol. The monoisotopic (exact) mass is 389 g/mol. The molecule has 2 fully saturated rings. The molecule has 2 aliphatic rings. The van der Waals surface area contributed by atoms with Gasteiger partial charge in [-0.15, -0.1) is 0 Å². The van der Waals surface area contributed by atoms with Crippen molar-refractivity contribution in [1.82, 2.24) is 14.4 Å². The average Bonchev–Trinajstić information content (AvgIpc) is 3.00. The first-order valence-electron chi connectivity index (χ1n) is 10.4. The normalized spacial score (nSPS) is 18.8. The minimum absolute atomic E-state index is 0.131. The molecule has 0 N–H and O–H groups in total. The molecule has 28 heavy (non-hydrogen) atoms. The Morgan fingerprint density at radius 1 is 1.18 bits per heavy atom. The third kappa shape index (κ3) is 4.08. The first-order chi connectivity index (χ1) is 13.4. The maximum absolute atomic E-state index is 12.8. The van der Waals surface area contributed by atoms with Crippen LogP contribution in [0.5, 0.6) is 0 Å². The van der Waals surface area contributed by atoms with Crippen LogP contribution in [0.2, 0.25) is 0 Å². The fourth-order valence-corrected chi connectivity index (χ4v) is 4.15. The van der Waals surface area contributed by atoms with Gasteiger partial charge >= 0.3 is 6.09 Å². The molecule has 0 aliphatic carbocycles. The summed E-state index contributed by atoms with van der Waals surface area (Å²) >= 11 is 0. The number of rotatable bonds is 6. The van der Waals surface area contributed by atoms with Crippen LogP contribution in [0.3, 0.4) is 0 Å². The molecule has 1 spiro atoms. The summed E-state index contributed by atoms with van der Waals surface area (Å²) < 4.78 is 7.34. The van der Waals surface area contributed by atoms with Crippen LogP contribution >= 0.6 is 0 Å². The zero-order valence-electron chi connectivity index (χ0n) is 17.1. The molecule has 0 bridgehead atoms. The van der Waals surface area contributed by atoms with Crippen LogP contribution in [0.25, 0.3) is 0 Å². The van der Waals surface area contributed by atoms with Crippen molar-refractivity contribution in [2.75, 3.05) is 26.2 Å². The van der Waals surface area contributed by atoms with Gasteiger partial charge in [-0.2, -0.15) is 0 Å². The highest BCUT2D eigenvalue weighted by Gasteiger charge is 2.47. The summed E-state index contributed by atoms with van der Waals surface area (Å²) in [7, 11) is 0. The van der Waals surface area contributed by atoms with Crippen molar-refractivity contribution in [2.24, 2.45) is 5.92 Å². The van der Waals surface area contributed by atoms with E-state index in [0.717, 1.165) is 19.4 Å². The van der Waals surface area contributed by atoms with Crippen LogP contribution < -0.4 is 5.56 Å². The fraction of sp³-hybridized carbons (Fsp3) is 0.667. The van der Waals surface area contributed by atoms with Gasteiger partial charge in [-0.3, -0.25) is 9.59 Å². The van der Waals surface area contributed by atoms with E-state index >= 15 is 0 Å². The molecule has 3 heterocycles. The Hall–Kier alpha value is -2.31. The van der Waals surface area contributed by atoms with Crippen molar-refractivity contribution in [2.45, 2.75) is 58.6 Å². The Morgan fingerprint density at radius 3 is 2.43 bits per heavy atom. The number of hydrogen-bond acceptors (Lipinski definition) is 4. The highest BCUT2D eigenvalue weighted by molar-refractivity contribution is 5.94. The number of piperidine rings is 1. The third-order valence-electron chi connectivity index (χ3n) is 6.22. The molecule has 0 radical (unpaired) electrons. The summed E-state index contributed by atoms with van der Waals surface area (Å²) in [4.78, 5) is 40.7. The van der Waals surface area contributed by atoms with Gasteiger partial charge in [0.1, 0.15) is 5.60 Å². The van der Waals surface area contributed by atoms with Crippen LogP contribution in [-0.2, 0) is 11.3 Å². The number of pyridine rings is 1. The van der Waals surface area contributed by atoms with Crippen LogP contribution in [0, 0.1) is 5.92 Å². The van der Waals surface area contributed by atoms with E-state index in [1.165, 1.54) is 6.07 Å². The van der Waals surface area contributed by atoms with E-state index in [2.05, 4.69) is 13.8 Å². The van der Waals surface area contributed by atoms with Gasteiger partial charge in [-0.05, 0) is 18.9 Å². The Balaban J connectivity index is 1.61. The molecule has 3 rings (SSSR count). The van der Waals surface area contributed by atoms with Crippen LogP contribution in [-0.4, -0.2) is 58.1 Å². The van der Waals surface area contributed by atoms with E-state index in [1.807, 2.05) is 11.8 Å². The van der Waals surface area contributed by atoms with Crippen molar-refractivity contribution in [3.05, 3.63) is 34.2 Å². The van der Waals surface area contributed by atoms with Crippen LogP contribution in [0.1, 0.15) is 56.8 Å². The van der Waals surface area contributed by atoms with E-state index in [1.54, 1.807) is 21.7 Å². The molecule has 1 aromatic rings. The van der Waals surface area contributed by atoms with Gasteiger partial charge in [0.05, 0.1) is 6.54 Å². The SMILES string of the molecule is CCC(CC)CN1CC2(CCN(C(=O)c3ccn(CC)c(=O)c3)CC2)OC1=O. The number of carbonyl (C=O) groups is 2. The van der Waals surface area contributed by atoms with Gasteiger partial charge in [0.15, 0.2) is 0 Å². The maximum atomic E-state index is 12.8. The molecule has 0 unspecified atom stereocenters. The molecule has 7 heteroatoms. The number of nitrogens with zero attached hydrogens (tertiary/aromatic N) is 3. The quantitative estimate of drug-likeness (QED) is 0.750. The molecule has 154 valence electrons. The summed E-state index contributed by atoms with van der Waals surface area (Å²) in [5, 5.41) is 0. The zero-order valence-corrected chi connectivity index (χ0v) is 17.1. The maximum Gasteiger partial charge on any atom is 0.410 e. The lowest BCUT2D eigenvalue weighted by molar-refractivity contribution is 0.00311. The molecule has 0 aromatic carbocycles. The standard InChI is InChI=1S/C21H31N3O4/c1-4-16(5-2)14-24-15-21(28-20(24)27)8-11-23(12-9-21)19(26)17-7-10-22(6-3)18(25)13-17/h7,10,13,16H,4-6,8-9,11-12,14-15H2,1-3H3. The van der Waals surface area contributed by atoms with Crippen LogP contribution in [0.4, 0.5) is 4.79 Å². The molecule has 0 atom stereocenters. The van der Waals surface area contributed by atoms with Crippen molar-refractivity contribution < 1.29 is 14.3 Å². The molecule has 1 aromatic heterocycles. The summed E-state index contributed by atoms with van der Waals surface area (Å²) in [5.74, 6) is 0.364. The Labute approximate surface area is 166 Å². The first-order valence-corrected chi connectivity index (χ1v) is 10.4. The first kappa shape index (κ1) is 20.4. The summed E-state index contributed by atoms with van der Waals surface area (Å²) in [6.45, 7) is 9.17. The molecule has 7 nitrogen and oxygen atoms in total. The van der Waals surface area contributed by atoms with Gasteiger partial charge in [-0.1, -0.05) is 26.7 Å². The van der Waals surface area contributed by atoms with E-state index < -0.39 is 5.60 Å². The number of ether oxygens (including phenoxy) is 1. The lowest BCUT2D eigenvalue weighted by atomic mass is 9.90. The van der Waals surface area contributed by atoms with Crippen molar-refractivity contribution in [3.8, 4) is 0 Å². The van der Waals surface area contributed by atoms with Gasteiger partial charge < -0.3 is 19.1 Å². The predicted molar refractivity (Wildman–Crippen MR) is 106 cm³/mol. The number of amides is 2. The molecular formula is C21H31N3O4. The van der Waals surface area contributed by atoms with E-state index in [4.69, 9.17) is 4.74 Å². The lowest BCUT2D eigenvalue weighted by Crippen LogP contribution is -2.49. The van der Waals surface area contributed by atoms with Gasteiger partial charge in [-0.25, -0.2) is 4.79 Å². The topological polar surface area (TPSA) is 71.8 Å². The summed E-state index contributed by atoms with van der Waals surface area (Å²) in [6.07, 6.45) is 4.80. The highest BCUT2D eigenvalue weighted by atomic mass is 16.6. The minimum atomic E-state index is -0.481. The molecule has 2 saturated heterocycles. The van der Waals surface area contributed by atoms with Crippen molar-refractivity contribution in [1.29, 1.82) is 0 Å². The Bertz CT molecular complexity index is 776. The largest absolute Gasteiger partial charge is 0.441 e. The second-order valence-electron chi connectivity index (χ2n) is 7.95. The van der Waals surface area contributed by atoms with Gasteiger partial charge in [0, 0.05) is 56.8 Å². The van der Waals surface area contributed by atoms with E-state index in [-0.39, 0.29) is 17.6 Å². The van der Waals surface area contributed by atoms with Gasteiger partial charge in [0.25, 0.3) is 11.5 Å². The smallest absolute Gasteiger partial charge is 0.410 e. The fourth-order valence-electron chi connectivity index (χ4n) is 4.15. The number of likely N-dealkylation sites (tertiary alicyclic amines) is 1. The summed E-state index contributed by atoms with van der Waals surface area (Å²) in [5.41, 5.74) is -0.223. The predicted octanol–water partition coefficient (Wildman–Crippen LogP) is 2.73. The lowest BCUT2D eigenvalue weighted by Gasteiger charge is -2.37. The molecule has 0 saturated carbocycles. The highest BCUT2D eigenvalue weighted by Crippen LogP contribution is 2.34. The summed E-state index contributed by atoms with van der Waals surface area (Å²) in [6, 6.07) is 3.10. The van der Waals surface area contributed by atoms with Crippen molar-refractivity contribution in [3.63, 3.8) is 0 Å². The Kier molecular flexibility index (Phi) is 6.10. The zero-order chi connectivity index (χ0) is 20.3. The number of hydrogen-bond donors (Lipinski definition) is 0. The third-order valence-corrected chi connectivity index (χ3v) is 6.22. The second-order valence-corrected chi connectivity index (χ2v) is 7.95. The number of aromatic nitrogens is 1. The number of carbonyl (C=O) groups excluding carboxylic acids is 2.